The summed E-state index contributed by atoms with van der Waals surface area (Å²) in [7, 11) is 0. The van der Waals surface area contributed by atoms with Crippen LogP contribution in [0.5, 0.6) is 11.5 Å². The van der Waals surface area contributed by atoms with Gasteiger partial charge < -0.3 is 14.7 Å². The minimum Gasteiger partial charge on any atom is -0.457 e. The minimum atomic E-state index is 0.0153. The second kappa shape index (κ2) is 7.24. The van der Waals surface area contributed by atoms with Gasteiger partial charge in [-0.15, -0.1) is 0 Å². The van der Waals surface area contributed by atoms with Gasteiger partial charge in [0.15, 0.2) is 0 Å². The van der Waals surface area contributed by atoms with Crippen molar-refractivity contribution in [3.05, 3.63) is 54.4 Å². The lowest BCUT2D eigenvalue weighted by Gasteiger charge is -2.31. The Balaban J connectivity index is 1.68. The Bertz CT molecular complexity index is 652. The predicted octanol–water partition coefficient (Wildman–Crippen LogP) is 2.72. The molecule has 1 aromatic carbocycles. The van der Waals surface area contributed by atoms with Crippen molar-refractivity contribution in [2.24, 2.45) is 5.92 Å². The normalized spacial score (nSPS) is 15.4. The molecule has 0 aliphatic carbocycles. The zero-order chi connectivity index (χ0) is 16.1. The third kappa shape index (κ3) is 3.87. The van der Waals surface area contributed by atoms with Crippen LogP contribution in [0.2, 0.25) is 0 Å². The second-order valence-electron chi connectivity index (χ2n) is 5.73. The van der Waals surface area contributed by atoms with Crippen molar-refractivity contribution in [1.29, 1.82) is 0 Å². The Labute approximate surface area is 135 Å². The number of aliphatic hydroxyl groups is 1. The summed E-state index contributed by atoms with van der Waals surface area (Å²) in [6, 6.07) is 10.8. The fourth-order valence-corrected chi connectivity index (χ4v) is 2.74. The average Bonchev–Trinajstić information content (AvgIpc) is 2.62. The van der Waals surface area contributed by atoms with Gasteiger partial charge in [0.1, 0.15) is 11.5 Å². The third-order valence-corrected chi connectivity index (χ3v) is 4.13. The molecule has 0 bridgehead atoms. The Morgan fingerprint density at radius 1 is 1.17 bits per heavy atom. The Morgan fingerprint density at radius 3 is 2.61 bits per heavy atom. The summed E-state index contributed by atoms with van der Waals surface area (Å²) in [6.45, 7) is 1.59. The van der Waals surface area contributed by atoms with E-state index in [2.05, 4.69) is 4.98 Å². The van der Waals surface area contributed by atoms with Crippen molar-refractivity contribution in [1.82, 2.24) is 9.88 Å². The number of ether oxygens (including phenoxy) is 1. The molecule has 0 atom stereocenters. The van der Waals surface area contributed by atoms with Crippen LogP contribution in [0.15, 0.2) is 48.8 Å². The van der Waals surface area contributed by atoms with Crippen LogP contribution < -0.4 is 4.74 Å². The van der Waals surface area contributed by atoms with E-state index in [-0.39, 0.29) is 12.5 Å². The van der Waals surface area contributed by atoms with Crippen molar-refractivity contribution < 1.29 is 14.6 Å². The molecule has 3 rings (SSSR count). The Hall–Kier alpha value is -2.40. The van der Waals surface area contributed by atoms with Crippen LogP contribution in [0.4, 0.5) is 0 Å². The summed E-state index contributed by atoms with van der Waals surface area (Å²) in [5.74, 6) is 1.66. The molecule has 2 heterocycles. The Morgan fingerprint density at radius 2 is 1.91 bits per heavy atom. The topological polar surface area (TPSA) is 62.7 Å². The standard InChI is InChI=1S/C18H20N2O3/c21-13-14-6-10-20(11-7-14)18(22)15-2-1-3-17(12-15)23-16-4-8-19-9-5-16/h1-5,8-9,12,14,21H,6-7,10-11,13H2. The summed E-state index contributed by atoms with van der Waals surface area (Å²) in [4.78, 5) is 18.4. The largest absolute Gasteiger partial charge is 0.457 e. The molecule has 0 radical (unpaired) electrons. The van der Waals surface area contributed by atoms with Gasteiger partial charge >= 0.3 is 0 Å². The number of carbonyl (C=O) groups excluding carboxylic acids is 1. The first-order chi connectivity index (χ1) is 11.3. The van der Waals surface area contributed by atoms with Crippen molar-refractivity contribution in [2.45, 2.75) is 12.8 Å². The van der Waals surface area contributed by atoms with E-state index in [9.17, 15) is 9.90 Å². The van der Waals surface area contributed by atoms with Gasteiger partial charge in [-0.05, 0) is 49.1 Å². The molecule has 0 unspecified atom stereocenters. The number of hydrogen-bond acceptors (Lipinski definition) is 4. The number of piperidine rings is 1. The number of aliphatic hydroxyl groups excluding tert-OH is 1. The number of amides is 1. The molecule has 5 heteroatoms. The average molecular weight is 312 g/mol. The lowest BCUT2D eigenvalue weighted by atomic mass is 9.97. The summed E-state index contributed by atoms with van der Waals surface area (Å²) < 4.78 is 5.75. The maximum absolute atomic E-state index is 12.6. The van der Waals surface area contributed by atoms with E-state index in [0.29, 0.717) is 36.1 Å². The number of likely N-dealkylation sites (tertiary alicyclic amines) is 1. The molecule has 1 fully saturated rings. The SMILES string of the molecule is O=C(c1cccc(Oc2ccncc2)c1)N1CCC(CO)CC1. The molecule has 1 aliphatic heterocycles. The zero-order valence-corrected chi connectivity index (χ0v) is 12.9. The molecule has 1 aromatic heterocycles. The van der Waals surface area contributed by atoms with Crippen LogP contribution in [0.3, 0.4) is 0 Å². The van der Waals surface area contributed by atoms with Crippen LogP contribution in [-0.2, 0) is 0 Å². The van der Waals surface area contributed by atoms with Gasteiger partial charge in [-0.3, -0.25) is 9.78 Å². The lowest BCUT2D eigenvalue weighted by molar-refractivity contribution is 0.0650. The molecule has 1 saturated heterocycles. The molecule has 120 valence electrons. The van der Waals surface area contributed by atoms with Gasteiger partial charge in [0.2, 0.25) is 0 Å². The van der Waals surface area contributed by atoms with Crippen LogP contribution in [0.25, 0.3) is 0 Å². The maximum atomic E-state index is 12.6. The van der Waals surface area contributed by atoms with Gasteiger partial charge in [-0.2, -0.15) is 0 Å². The van der Waals surface area contributed by atoms with Gasteiger partial charge in [0.05, 0.1) is 0 Å². The molecule has 1 N–H and O–H groups in total. The van der Waals surface area contributed by atoms with E-state index < -0.39 is 0 Å². The van der Waals surface area contributed by atoms with E-state index in [0.717, 1.165) is 12.8 Å². The summed E-state index contributed by atoms with van der Waals surface area (Å²) in [6.07, 6.45) is 5.04. The molecule has 23 heavy (non-hydrogen) atoms. The van der Waals surface area contributed by atoms with Crippen LogP contribution >= 0.6 is 0 Å². The number of rotatable bonds is 4. The Kier molecular flexibility index (Phi) is 4.88. The summed E-state index contributed by atoms with van der Waals surface area (Å²) in [5.41, 5.74) is 0.624. The van der Waals surface area contributed by atoms with Crippen molar-refractivity contribution in [3.63, 3.8) is 0 Å². The third-order valence-electron chi connectivity index (χ3n) is 4.13. The molecule has 0 spiro atoms. The number of benzene rings is 1. The highest BCUT2D eigenvalue weighted by Crippen LogP contribution is 2.23. The molecule has 1 aliphatic rings. The smallest absolute Gasteiger partial charge is 0.253 e. The molecule has 5 nitrogen and oxygen atoms in total. The number of hydrogen-bond donors (Lipinski definition) is 1. The highest BCUT2D eigenvalue weighted by Gasteiger charge is 2.23. The molecular formula is C18H20N2O3. The molecule has 0 saturated carbocycles. The summed E-state index contributed by atoms with van der Waals surface area (Å²) in [5, 5.41) is 9.19. The molecule has 1 amide bonds. The van der Waals surface area contributed by atoms with E-state index in [1.54, 1.807) is 36.7 Å². The minimum absolute atomic E-state index is 0.0153. The fourth-order valence-electron chi connectivity index (χ4n) is 2.74. The fraction of sp³-hybridized carbons (Fsp3) is 0.333. The van der Waals surface area contributed by atoms with E-state index in [4.69, 9.17) is 4.74 Å². The second-order valence-corrected chi connectivity index (χ2v) is 5.73. The van der Waals surface area contributed by atoms with Crippen LogP contribution in [-0.4, -0.2) is 40.6 Å². The van der Waals surface area contributed by atoms with Crippen LogP contribution in [0.1, 0.15) is 23.2 Å². The zero-order valence-electron chi connectivity index (χ0n) is 12.9. The van der Waals surface area contributed by atoms with E-state index in [1.165, 1.54) is 0 Å². The quantitative estimate of drug-likeness (QED) is 0.943. The monoisotopic (exact) mass is 312 g/mol. The van der Waals surface area contributed by atoms with Gasteiger partial charge in [0.25, 0.3) is 5.91 Å². The van der Waals surface area contributed by atoms with Crippen molar-refractivity contribution >= 4 is 5.91 Å². The first-order valence-electron chi connectivity index (χ1n) is 7.84. The number of aromatic nitrogens is 1. The predicted molar refractivity (Wildman–Crippen MR) is 86.5 cm³/mol. The lowest BCUT2D eigenvalue weighted by Crippen LogP contribution is -2.39. The van der Waals surface area contributed by atoms with E-state index >= 15 is 0 Å². The van der Waals surface area contributed by atoms with Crippen LogP contribution in [0, 0.1) is 5.92 Å². The van der Waals surface area contributed by atoms with Crippen molar-refractivity contribution in [2.75, 3.05) is 19.7 Å². The first-order valence-corrected chi connectivity index (χ1v) is 7.84. The summed E-state index contributed by atoms with van der Waals surface area (Å²) >= 11 is 0. The molecule has 2 aromatic rings. The van der Waals surface area contributed by atoms with E-state index in [1.807, 2.05) is 17.0 Å². The highest BCUT2D eigenvalue weighted by atomic mass is 16.5. The molecular weight excluding hydrogens is 292 g/mol. The number of carbonyl (C=O) groups is 1. The highest BCUT2D eigenvalue weighted by molar-refractivity contribution is 5.94. The van der Waals surface area contributed by atoms with Gasteiger partial charge in [0, 0.05) is 37.7 Å². The number of pyridine rings is 1. The number of nitrogens with zero attached hydrogens (tertiary/aromatic N) is 2. The maximum Gasteiger partial charge on any atom is 0.253 e. The van der Waals surface area contributed by atoms with Crippen molar-refractivity contribution in [3.8, 4) is 11.5 Å². The van der Waals surface area contributed by atoms with Gasteiger partial charge in [-0.1, -0.05) is 6.07 Å². The van der Waals surface area contributed by atoms with Gasteiger partial charge in [-0.25, -0.2) is 0 Å². The first kappa shape index (κ1) is 15.5.